The second-order valence-electron chi connectivity index (χ2n) is 3.51. The Morgan fingerprint density at radius 2 is 1.65 bits per heavy atom. The first-order chi connectivity index (χ1) is 7.97. The monoisotopic (exact) mass is 239 g/mol. The van der Waals surface area contributed by atoms with Crippen LogP contribution in [0.5, 0.6) is 0 Å². The van der Waals surface area contributed by atoms with Crippen LogP contribution >= 0.6 is 0 Å². The predicted octanol–water partition coefficient (Wildman–Crippen LogP) is 3.06. The molecule has 0 saturated carbocycles. The third-order valence-electron chi connectivity index (χ3n) is 2.23. The van der Waals surface area contributed by atoms with Gasteiger partial charge >= 0.3 is 6.18 Å². The van der Waals surface area contributed by atoms with E-state index in [9.17, 15) is 18.0 Å². The van der Waals surface area contributed by atoms with Crippen LogP contribution in [0.1, 0.15) is 5.69 Å². The highest BCUT2D eigenvalue weighted by molar-refractivity contribution is 5.58. The van der Waals surface area contributed by atoms with Crippen molar-refractivity contribution < 1.29 is 13.2 Å². The van der Waals surface area contributed by atoms with Gasteiger partial charge in [0.2, 0.25) is 0 Å². The van der Waals surface area contributed by atoms with Crippen LogP contribution in [0.25, 0.3) is 11.3 Å². The van der Waals surface area contributed by atoms with Crippen LogP contribution in [-0.4, -0.2) is 4.98 Å². The summed E-state index contributed by atoms with van der Waals surface area (Å²) in [6, 6.07) is 10.1. The smallest absolute Gasteiger partial charge is 0.351 e. The Hall–Kier alpha value is -2.04. The summed E-state index contributed by atoms with van der Waals surface area (Å²) in [4.78, 5) is 13.4. The van der Waals surface area contributed by atoms with E-state index in [1.54, 1.807) is 30.3 Å². The Bertz CT molecular complexity index is 572. The lowest BCUT2D eigenvalue weighted by Gasteiger charge is -2.08. The molecule has 2 aromatic rings. The summed E-state index contributed by atoms with van der Waals surface area (Å²) in [7, 11) is 0. The largest absolute Gasteiger partial charge is 0.431 e. The molecule has 0 unspecified atom stereocenters. The Kier molecular flexibility index (Phi) is 2.75. The van der Waals surface area contributed by atoms with Gasteiger partial charge < -0.3 is 4.98 Å². The van der Waals surface area contributed by atoms with Crippen molar-refractivity contribution in [1.29, 1.82) is 0 Å². The predicted molar refractivity (Wildman–Crippen MR) is 57.5 cm³/mol. The van der Waals surface area contributed by atoms with Gasteiger partial charge in [0.15, 0.2) is 5.43 Å². The molecule has 1 aromatic heterocycles. The van der Waals surface area contributed by atoms with Crippen molar-refractivity contribution in [3.63, 3.8) is 0 Å². The molecule has 0 amide bonds. The van der Waals surface area contributed by atoms with E-state index in [2.05, 4.69) is 4.98 Å². The zero-order chi connectivity index (χ0) is 12.5. The first kappa shape index (κ1) is 11.4. The lowest BCUT2D eigenvalue weighted by molar-refractivity contribution is -0.141. The van der Waals surface area contributed by atoms with Gasteiger partial charge in [0.05, 0.1) is 0 Å². The first-order valence-corrected chi connectivity index (χ1v) is 4.84. The Labute approximate surface area is 94.7 Å². The molecule has 0 saturated heterocycles. The van der Waals surface area contributed by atoms with Crippen molar-refractivity contribution in [2.45, 2.75) is 6.18 Å². The molecule has 0 spiro atoms. The second-order valence-corrected chi connectivity index (χ2v) is 3.51. The number of alkyl halides is 3. The van der Waals surface area contributed by atoms with Crippen LogP contribution in [0.3, 0.4) is 0 Å². The normalized spacial score (nSPS) is 11.5. The van der Waals surface area contributed by atoms with E-state index >= 15 is 0 Å². The Morgan fingerprint density at radius 3 is 2.24 bits per heavy atom. The van der Waals surface area contributed by atoms with Crippen LogP contribution in [0.4, 0.5) is 13.2 Å². The van der Waals surface area contributed by atoms with Crippen LogP contribution < -0.4 is 5.43 Å². The van der Waals surface area contributed by atoms with E-state index < -0.39 is 17.3 Å². The van der Waals surface area contributed by atoms with Crippen molar-refractivity contribution in [2.75, 3.05) is 0 Å². The number of rotatable bonds is 1. The molecule has 88 valence electrons. The molecular weight excluding hydrogens is 231 g/mol. The fourth-order valence-corrected chi connectivity index (χ4v) is 1.47. The molecule has 0 fully saturated rings. The molecule has 1 N–H and O–H groups in total. The van der Waals surface area contributed by atoms with Gasteiger partial charge in [0.1, 0.15) is 5.69 Å². The van der Waals surface area contributed by atoms with E-state index in [1.165, 1.54) is 0 Å². The average Bonchev–Trinajstić information content (AvgIpc) is 2.28. The number of hydrogen-bond acceptors (Lipinski definition) is 1. The van der Waals surface area contributed by atoms with Crippen molar-refractivity contribution in [2.24, 2.45) is 0 Å². The van der Waals surface area contributed by atoms with Gasteiger partial charge in [-0.25, -0.2) is 0 Å². The van der Waals surface area contributed by atoms with Crippen LogP contribution in [0.2, 0.25) is 0 Å². The summed E-state index contributed by atoms with van der Waals surface area (Å²) in [6.45, 7) is 0. The highest BCUT2D eigenvalue weighted by Gasteiger charge is 2.32. The van der Waals surface area contributed by atoms with E-state index in [4.69, 9.17) is 0 Å². The average molecular weight is 239 g/mol. The maximum atomic E-state index is 12.5. The van der Waals surface area contributed by atoms with Crippen LogP contribution in [0, 0.1) is 0 Å². The van der Waals surface area contributed by atoms with Gasteiger partial charge in [0.25, 0.3) is 0 Å². The second kappa shape index (κ2) is 4.08. The molecule has 0 aliphatic carbocycles. The quantitative estimate of drug-likeness (QED) is 0.815. The number of aromatic nitrogens is 1. The first-order valence-electron chi connectivity index (χ1n) is 4.84. The van der Waals surface area contributed by atoms with Crippen molar-refractivity contribution >= 4 is 0 Å². The summed E-state index contributed by atoms with van der Waals surface area (Å²) in [5.74, 6) is 0. The minimum absolute atomic E-state index is 0.158. The van der Waals surface area contributed by atoms with Crippen molar-refractivity contribution in [1.82, 2.24) is 4.98 Å². The highest BCUT2D eigenvalue weighted by atomic mass is 19.4. The zero-order valence-corrected chi connectivity index (χ0v) is 8.58. The molecule has 1 aromatic carbocycles. The number of benzene rings is 1. The number of pyridine rings is 1. The summed E-state index contributed by atoms with van der Waals surface area (Å²) < 4.78 is 37.5. The summed E-state index contributed by atoms with van der Waals surface area (Å²) >= 11 is 0. The van der Waals surface area contributed by atoms with Crippen molar-refractivity contribution in [3.05, 3.63) is 58.4 Å². The van der Waals surface area contributed by atoms with Gasteiger partial charge in [-0.2, -0.15) is 13.2 Å². The maximum Gasteiger partial charge on any atom is 0.431 e. The molecule has 1 heterocycles. The van der Waals surface area contributed by atoms with Crippen molar-refractivity contribution in [3.8, 4) is 11.3 Å². The molecule has 5 heteroatoms. The van der Waals surface area contributed by atoms with Gasteiger partial charge in [-0.05, 0) is 5.56 Å². The highest BCUT2D eigenvalue weighted by Crippen LogP contribution is 2.28. The molecule has 2 rings (SSSR count). The molecule has 2 nitrogen and oxygen atoms in total. The molecular formula is C12H8F3NO. The zero-order valence-electron chi connectivity index (χ0n) is 8.58. The fraction of sp³-hybridized carbons (Fsp3) is 0.0833. The number of aromatic amines is 1. The van der Waals surface area contributed by atoms with Gasteiger partial charge in [-0.15, -0.1) is 0 Å². The third kappa shape index (κ3) is 2.55. The fourth-order valence-electron chi connectivity index (χ4n) is 1.47. The van der Waals surface area contributed by atoms with E-state index in [0.717, 1.165) is 6.07 Å². The molecule has 0 atom stereocenters. The molecule has 0 bridgehead atoms. The topological polar surface area (TPSA) is 32.9 Å². The summed E-state index contributed by atoms with van der Waals surface area (Å²) in [5, 5.41) is 0. The standard InChI is InChI=1S/C12H8F3NO/c13-12(14,15)11-7-9(17)6-10(16-11)8-4-2-1-3-5-8/h1-7H,(H,16,17). The number of hydrogen-bond donors (Lipinski definition) is 1. The van der Waals surface area contributed by atoms with Gasteiger partial charge in [0, 0.05) is 17.8 Å². The Morgan fingerprint density at radius 1 is 1.00 bits per heavy atom. The number of H-pyrrole nitrogens is 1. The van der Waals surface area contributed by atoms with Gasteiger partial charge in [-0.3, -0.25) is 4.79 Å². The maximum absolute atomic E-state index is 12.5. The Balaban J connectivity index is 2.58. The third-order valence-corrected chi connectivity index (χ3v) is 2.23. The molecule has 17 heavy (non-hydrogen) atoms. The van der Waals surface area contributed by atoms with E-state index in [-0.39, 0.29) is 5.69 Å². The summed E-state index contributed by atoms with van der Waals surface area (Å²) in [6.07, 6.45) is -4.55. The SMILES string of the molecule is O=c1cc(-c2ccccc2)[nH]c(C(F)(F)F)c1. The minimum atomic E-state index is -4.55. The lowest BCUT2D eigenvalue weighted by Crippen LogP contribution is -2.13. The van der Waals surface area contributed by atoms with E-state index in [1.807, 2.05) is 0 Å². The molecule has 0 radical (unpaired) electrons. The van der Waals surface area contributed by atoms with Crippen LogP contribution in [-0.2, 0) is 6.18 Å². The van der Waals surface area contributed by atoms with E-state index in [0.29, 0.717) is 11.6 Å². The molecule has 0 aliphatic heterocycles. The lowest BCUT2D eigenvalue weighted by atomic mass is 10.1. The molecule has 0 aliphatic rings. The van der Waals surface area contributed by atoms with Gasteiger partial charge in [-0.1, -0.05) is 30.3 Å². The number of halogens is 3. The van der Waals surface area contributed by atoms with Crippen LogP contribution in [0.15, 0.2) is 47.3 Å². The minimum Gasteiger partial charge on any atom is -0.351 e. The number of nitrogens with one attached hydrogen (secondary N) is 1. The summed E-state index contributed by atoms with van der Waals surface area (Å²) in [5.41, 5.74) is -1.01.